The van der Waals surface area contributed by atoms with Crippen molar-refractivity contribution in [2.75, 3.05) is 14.2 Å². The maximum atomic E-state index is 6.58. The Bertz CT molecular complexity index is 662. The van der Waals surface area contributed by atoms with Crippen LogP contribution in [0.5, 0.6) is 11.5 Å². The lowest BCUT2D eigenvalue weighted by molar-refractivity contribution is 0.392. The van der Waals surface area contributed by atoms with Gasteiger partial charge in [0.25, 0.3) is 0 Å². The molecule has 0 aromatic heterocycles. The van der Waals surface area contributed by atoms with Crippen LogP contribution in [-0.4, -0.2) is 14.2 Å². The first-order chi connectivity index (χ1) is 9.99. The first-order valence-electron chi connectivity index (χ1n) is 5.99. The van der Waals surface area contributed by atoms with Gasteiger partial charge in [-0.05, 0) is 35.9 Å². The van der Waals surface area contributed by atoms with Gasteiger partial charge in [0.2, 0.25) is 0 Å². The molecule has 0 aliphatic heterocycles. The highest BCUT2D eigenvalue weighted by Gasteiger charge is 2.22. The monoisotopic (exact) mass is 408 g/mol. The molecule has 0 bridgehead atoms. The number of benzene rings is 2. The molecule has 0 aliphatic carbocycles. The Morgan fingerprint density at radius 1 is 1.00 bits per heavy atom. The lowest BCUT2D eigenvalue weighted by Crippen LogP contribution is -2.00. The molecule has 112 valence electrons. The Labute approximate surface area is 147 Å². The number of alkyl halides is 1. The van der Waals surface area contributed by atoms with Crippen LogP contribution in [0.1, 0.15) is 16.5 Å². The van der Waals surface area contributed by atoms with Gasteiger partial charge in [-0.15, -0.1) is 11.6 Å². The topological polar surface area (TPSA) is 18.5 Å². The van der Waals surface area contributed by atoms with Crippen molar-refractivity contribution >= 4 is 50.7 Å². The summed E-state index contributed by atoms with van der Waals surface area (Å²) in [7, 11) is 3.08. The fourth-order valence-corrected chi connectivity index (χ4v) is 3.33. The lowest BCUT2D eigenvalue weighted by Gasteiger charge is -2.18. The second-order valence-electron chi connectivity index (χ2n) is 4.23. The molecule has 0 spiro atoms. The third-order valence-electron chi connectivity index (χ3n) is 3.02. The van der Waals surface area contributed by atoms with Crippen molar-refractivity contribution in [3.05, 3.63) is 56.0 Å². The van der Waals surface area contributed by atoms with Gasteiger partial charge in [0.1, 0.15) is 16.5 Å². The number of ether oxygens (including phenoxy) is 2. The highest BCUT2D eigenvalue weighted by atomic mass is 79.9. The molecule has 1 unspecified atom stereocenters. The van der Waals surface area contributed by atoms with Crippen molar-refractivity contribution in [3.8, 4) is 11.5 Å². The normalized spacial score (nSPS) is 12.1. The Balaban J connectivity index is 2.55. The minimum Gasteiger partial charge on any atom is -0.495 e. The van der Waals surface area contributed by atoms with Crippen molar-refractivity contribution in [2.24, 2.45) is 0 Å². The molecule has 1 atom stereocenters. The van der Waals surface area contributed by atoms with Crippen molar-refractivity contribution in [3.63, 3.8) is 0 Å². The van der Waals surface area contributed by atoms with E-state index in [9.17, 15) is 0 Å². The second-order valence-corrected chi connectivity index (χ2v) is 6.37. The maximum absolute atomic E-state index is 6.58. The summed E-state index contributed by atoms with van der Waals surface area (Å²) in [5.41, 5.74) is 1.50. The summed E-state index contributed by atoms with van der Waals surface area (Å²) in [6, 6.07) is 9.08. The van der Waals surface area contributed by atoms with Crippen molar-refractivity contribution in [1.82, 2.24) is 0 Å². The average molecular weight is 411 g/mol. The van der Waals surface area contributed by atoms with Gasteiger partial charge in [0.05, 0.1) is 19.6 Å². The Morgan fingerprint density at radius 3 is 2.33 bits per heavy atom. The molecule has 0 saturated heterocycles. The maximum Gasteiger partial charge on any atom is 0.146 e. The van der Waals surface area contributed by atoms with Crippen molar-refractivity contribution < 1.29 is 9.47 Å². The lowest BCUT2D eigenvalue weighted by atomic mass is 10.0. The van der Waals surface area contributed by atoms with Gasteiger partial charge in [-0.2, -0.15) is 0 Å². The van der Waals surface area contributed by atoms with Gasteiger partial charge in [-0.25, -0.2) is 0 Å². The Hall–Kier alpha value is -0.610. The molecule has 0 fully saturated rings. The second kappa shape index (κ2) is 7.10. The fraction of sp³-hybridized carbons (Fsp3) is 0.200. The zero-order chi connectivity index (χ0) is 15.6. The molecule has 0 radical (unpaired) electrons. The molecule has 0 saturated carbocycles. The van der Waals surface area contributed by atoms with Gasteiger partial charge in [0, 0.05) is 15.1 Å². The zero-order valence-corrected chi connectivity index (χ0v) is 15.1. The van der Waals surface area contributed by atoms with Crippen molar-refractivity contribution in [1.29, 1.82) is 0 Å². The van der Waals surface area contributed by atoms with Crippen LogP contribution >= 0.6 is 50.7 Å². The Morgan fingerprint density at radius 2 is 1.71 bits per heavy atom. The largest absolute Gasteiger partial charge is 0.495 e. The molecule has 21 heavy (non-hydrogen) atoms. The van der Waals surface area contributed by atoms with Crippen LogP contribution in [0.25, 0.3) is 0 Å². The van der Waals surface area contributed by atoms with Gasteiger partial charge in [-0.1, -0.05) is 39.1 Å². The highest BCUT2D eigenvalue weighted by molar-refractivity contribution is 9.10. The van der Waals surface area contributed by atoms with E-state index in [1.54, 1.807) is 19.2 Å². The smallest absolute Gasteiger partial charge is 0.146 e. The van der Waals surface area contributed by atoms with Gasteiger partial charge >= 0.3 is 0 Å². The third kappa shape index (κ3) is 3.42. The average Bonchev–Trinajstić information content (AvgIpc) is 2.48. The standard InChI is InChI=1S/C15H12BrCl3O2/c1-20-12-6-4-9(15(21-2)14(12)19)13(18)10-7-8(16)3-5-11(10)17/h3-7,13H,1-2H3. The van der Waals surface area contributed by atoms with Crippen LogP contribution in [0.2, 0.25) is 10.0 Å². The van der Waals surface area contributed by atoms with E-state index in [4.69, 9.17) is 44.3 Å². The highest BCUT2D eigenvalue weighted by Crippen LogP contribution is 2.44. The summed E-state index contributed by atoms with van der Waals surface area (Å²) in [5, 5.41) is 0.467. The van der Waals surface area contributed by atoms with E-state index >= 15 is 0 Å². The summed E-state index contributed by atoms with van der Waals surface area (Å²) in [5.74, 6) is 1.01. The summed E-state index contributed by atoms with van der Waals surface area (Å²) < 4.78 is 11.5. The first kappa shape index (κ1) is 16.8. The van der Waals surface area contributed by atoms with E-state index in [1.807, 2.05) is 18.2 Å². The molecule has 2 aromatic rings. The predicted molar refractivity (Wildman–Crippen MR) is 91.4 cm³/mol. The molecule has 0 amide bonds. The van der Waals surface area contributed by atoms with E-state index in [2.05, 4.69) is 15.9 Å². The molecule has 2 nitrogen and oxygen atoms in total. The molecule has 0 heterocycles. The number of rotatable bonds is 4. The van der Waals surface area contributed by atoms with Crippen LogP contribution in [-0.2, 0) is 0 Å². The molecular weight excluding hydrogens is 398 g/mol. The molecule has 0 N–H and O–H groups in total. The summed E-state index contributed by atoms with van der Waals surface area (Å²) in [6.07, 6.45) is 0. The minimum absolute atomic E-state index is 0.384. The van der Waals surface area contributed by atoms with E-state index in [0.29, 0.717) is 21.5 Å². The summed E-state index contributed by atoms with van der Waals surface area (Å²) >= 11 is 22.5. The van der Waals surface area contributed by atoms with Crippen molar-refractivity contribution in [2.45, 2.75) is 5.38 Å². The van der Waals surface area contributed by atoms with Crippen LogP contribution < -0.4 is 9.47 Å². The number of methoxy groups -OCH3 is 2. The third-order valence-corrected chi connectivity index (χ3v) is 4.69. The quantitative estimate of drug-likeness (QED) is 0.567. The SMILES string of the molecule is COc1ccc(C(Cl)c2cc(Br)ccc2Cl)c(OC)c1Cl. The van der Waals surface area contributed by atoms with E-state index in [-0.39, 0.29) is 0 Å². The minimum atomic E-state index is -0.492. The number of hydrogen-bond acceptors (Lipinski definition) is 2. The van der Waals surface area contributed by atoms with Crippen LogP contribution in [0.4, 0.5) is 0 Å². The van der Waals surface area contributed by atoms with Gasteiger partial charge in [-0.3, -0.25) is 0 Å². The summed E-state index contributed by atoms with van der Waals surface area (Å²) in [4.78, 5) is 0. The predicted octanol–water partition coefficient (Wildman–Crippen LogP) is 6.10. The molecule has 0 aliphatic rings. The van der Waals surface area contributed by atoms with E-state index in [1.165, 1.54) is 7.11 Å². The molecular formula is C15H12BrCl3O2. The Kier molecular flexibility index (Phi) is 5.67. The molecule has 2 rings (SSSR count). The zero-order valence-electron chi connectivity index (χ0n) is 11.3. The van der Waals surface area contributed by atoms with Crippen LogP contribution in [0, 0.1) is 0 Å². The fourth-order valence-electron chi connectivity index (χ4n) is 1.99. The van der Waals surface area contributed by atoms with Crippen LogP contribution in [0.3, 0.4) is 0 Å². The first-order valence-corrected chi connectivity index (χ1v) is 7.97. The van der Waals surface area contributed by atoms with Gasteiger partial charge < -0.3 is 9.47 Å². The summed E-state index contributed by atoms with van der Waals surface area (Å²) in [6.45, 7) is 0. The molecule has 2 aromatic carbocycles. The van der Waals surface area contributed by atoms with E-state index < -0.39 is 5.38 Å². The van der Waals surface area contributed by atoms with Crippen LogP contribution in [0.15, 0.2) is 34.8 Å². The number of hydrogen-bond donors (Lipinski definition) is 0. The van der Waals surface area contributed by atoms with E-state index in [0.717, 1.165) is 15.6 Å². The van der Waals surface area contributed by atoms with Gasteiger partial charge in [0.15, 0.2) is 0 Å². The number of halogens is 4. The molecule has 6 heteroatoms.